The standard InChI is InChI=1S/C21H24ClN5O2S/c1-23-21(24-11-16-13-29-20(25-16)19-4-3-9-30-19)26-15-7-8-27(12-15)17-10-14(22)5-6-18(17)28-2/h3-6,9-10,13,15H,7-8,11-12H2,1-2H3,(H2,23,24,26). The van der Waals surface area contributed by atoms with Gasteiger partial charge in [-0.2, -0.15) is 0 Å². The Hall–Kier alpha value is -2.71. The lowest BCUT2D eigenvalue weighted by atomic mass is 10.2. The molecular formula is C21H24ClN5O2S. The number of methoxy groups -OCH3 is 1. The minimum absolute atomic E-state index is 0.263. The zero-order valence-electron chi connectivity index (χ0n) is 16.9. The number of nitrogens with zero attached hydrogens (tertiary/aromatic N) is 3. The van der Waals surface area contributed by atoms with Gasteiger partial charge in [-0.25, -0.2) is 4.98 Å². The van der Waals surface area contributed by atoms with Crippen molar-refractivity contribution in [3.05, 3.63) is 52.7 Å². The van der Waals surface area contributed by atoms with E-state index >= 15 is 0 Å². The summed E-state index contributed by atoms with van der Waals surface area (Å²) in [4.78, 5) is 12.2. The van der Waals surface area contributed by atoms with E-state index < -0.39 is 0 Å². The molecule has 7 nitrogen and oxygen atoms in total. The number of thiophene rings is 1. The lowest BCUT2D eigenvalue weighted by Crippen LogP contribution is -2.44. The van der Waals surface area contributed by atoms with Gasteiger partial charge in [0.25, 0.3) is 0 Å². The van der Waals surface area contributed by atoms with Crippen LogP contribution in [0.25, 0.3) is 10.8 Å². The number of hydrogen-bond acceptors (Lipinski definition) is 6. The summed E-state index contributed by atoms with van der Waals surface area (Å²) in [6.07, 6.45) is 2.67. The van der Waals surface area contributed by atoms with Gasteiger partial charge in [0.1, 0.15) is 12.0 Å². The van der Waals surface area contributed by atoms with E-state index in [0.717, 1.165) is 47.5 Å². The van der Waals surface area contributed by atoms with Crippen LogP contribution >= 0.6 is 22.9 Å². The third kappa shape index (κ3) is 4.71. The summed E-state index contributed by atoms with van der Waals surface area (Å²) in [5.74, 6) is 2.21. The fraction of sp³-hybridized carbons (Fsp3) is 0.333. The van der Waals surface area contributed by atoms with E-state index in [4.69, 9.17) is 20.8 Å². The number of guanidine groups is 1. The van der Waals surface area contributed by atoms with Crippen molar-refractivity contribution in [2.24, 2.45) is 4.99 Å². The molecule has 3 heterocycles. The highest BCUT2D eigenvalue weighted by molar-refractivity contribution is 7.13. The molecule has 30 heavy (non-hydrogen) atoms. The van der Waals surface area contributed by atoms with Crippen molar-refractivity contribution >= 4 is 34.6 Å². The number of hydrogen-bond donors (Lipinski definition) is 2. The van der Waals surface area contributed by atoms with Crippen molar-refractivity contribution in [3.8, 4) is 16.5 Å². The number of benzene rings is 1. The summed E-state index contributed by atoms with van der Waals surface area (Å²) < 4.78 is 11.1. The quantitative estimate of drug-likeness (QED) is 0.441. The molecule has 1 aliphatic rings. The van der Waals surface area contributed by atoms with Gasteiger partial charge in [-0.15, -0.1) is 11.3 Å². The van der Waals surface area contributed by atoms with Crippen molar-refractivity contribution in [3.63, 3.8) is 0 Å². The van der Waals surface area contributed by atoms with Crippen LogP contribution in [0.15, 0.2) is 51.4 Å². The molecule has 1 fully saturated rings. The molecule has 1 saturated heterocycles. The van der Waals surface area contributed by atoms with E-state index in [2.05, 4.69) is 25.5 Å². The minimum Gasteiger partial charge on any atom is -0.495 e. The van der Waals surface area contributed by atoms with Crippen LogP contribution in [-0.2, 0) is 6.54 Å². The number of ether oxygens (including phenoxy) is 1. The minimum atomic E-state index is 0.263. The summed E-state index contributed by atoms with van der Waals surface area (Å²) in [6.45, 7) is 2.29. The second-order valence-electron chi connectivity index (χ2n) is 6.94. The first-order chi connectivity index (χ1) is 14.7. The molecule has 158 valence electrons. The molecule has 0 bridgehead atoms. The molecular weight excluding hydrogens is 422 g/mol. The first kappa shape index (κ1) is 20.6. The van der Waals surface area contributed by atoms with Crippen molar-refractivity contribution in [2.45, 2.75) is 19.0 Å². The van der Waals surface area contributed by atoms with Crippen LogP contribution in [0.1, 0.15) is 12.1 Å². The zero-order chi connectivity index (χ0) is 20.9. The second-order valence-corrected chi connectivity index (χ2v) is 8.32. The molecule has 0 spiro atoms. The van der Waals surface area contributed by atoms with Crippen LogP contribution < -0.4 is 20.3 Å². The lowest BCUT2D eigenvalue weighted by molar-refractivity contribution is 0.415. The summed E-state index contributed by atoms with van der Waals surface area (Å²) in [5.41, 5.74) is 1.85. The third-order valence-electron chi connectivity index (χ3n) is 4.95. The van der Waals surface area contributed by atoms with Gasteiger partial charge in [0.05, 0.1) is 29.9 Å². The third-order valence-corrected chi connectivity index (χ3v) is 6.05. The molecule has 3 aromatic rings. The maximum Gasteiger partial charge on any atom is 0.236 e. The highest BCUT2D eigenvalue weighted by Gasteiger charge is 2.25. The summed E-state index contributed by atoms with van der Waals surface area (Å²) in [5, 5.41) is 9.51. The smallest absolute Gasteiger partial charge is 0.236 e. The molecule has 1 atom stereocenters. The Bertz CT molecular complexity index is 1000. The van der Waals surface area contributed by atoms with Gasteiger partial charge in [0.2, 0.25) is 5.89 Å². The van der Waals surface area contributed by atoms with E-state index in [1.807, 2.05) is 35.7 Å². The first-order valence-electron chi connectivity index (χ1n) is 9.70. The molecule has 9 heteroatoms. The van der Waals surface area contributed by atoms with Crippen LogP contribution in [0.2, 0.25) is 5.02 Å². The topological polar surface area (TPSA) is 74.9 Å². The second kappa shape index (κ2) is 9.40. The van der Waals surface area contributed by atoms with E-state index in [-0.39, 0.29) is 6.04 Å². The molecule has 0 amide bonds. The van der Waals surface area contributed by atoms with Gasteiger partial charge in [0.15, 0.2) is 5.96 Å². The van der Waals surface area contributed by atoms with Crippen molar-refractivity contribution in [1.82, 2.24) is 15.6 Å². The van der Waals surface area contributed by atoms with Crippen molar-refractivity contribution < 1.29 is 9.15 Å². The fourth-order valence-corrected chi connectivity index (χ4v) is 4.29. The maximum absolute atomic E-state index is 6.19. The molecule has 1 aliphatic heterocycles. The molecule has 4 rings (SSSR count). The number of aliphatic imine (C=N–C) groups is 1. The monoisotopic (exact) mass is 445 g/mol. The van der Waals surface area contributed by atoms with Crippen molar-refractivity contribution in [2.75, 3.05) is 32.1 Å². The Morgan fingerprint density at radius 3 is 3.10 bits per heavy atom. The molecule has 0 radical (unpaired) electrons. The Morgan fingerprint density at radius 2 is 2.33 bits per heavy atom. The number of oxazole rings is 1. The Labute approximate surface area is 184 Å². The first-order valence-corrected chi connectivity index (χ1v) is 11.0. The molecule has 0 aliphatic carbocycles. The van der Waals surface area contributed by atoms with Crippen LogP contribution in [0, 0.1) is 0 Å². The zero-order valence-corrected chi connectivity index (χ0v) is 18.5. The van der Waals surface area contributed by atoms with Crippen LogP contribution in [-0.4, -0.2) is 44.2 Å². The van der Waals surface area contributed by atoms with Crippen LogP contribution in [0.4, 0.5) is 5.69 Å². The Morgan fingerprint density at radius 1 is 1.43 bits per heavy atom. The van der Waals surface area contributed by atoms with Gasteiger partial charge < -0.3 is 24.7 Å². The van der Waals surface area contributed by atoms with Crippen molar-refractivity contribution in [1.29, 1.82) is 0 Å². The number of aromatic nitrogens is 1. The SMILES string of the molecule is CN=C(NCc1coc(-c2cccs2)n1)NC1CCN(c2cc(Cl)ccc2OC)C1. The molecule has 1 unspecified atom stereocenters. The van der Waals surface area contributed by atoms with Crippen LogP contribution in [0.3, 0.4) is 0 Å². The van der Waals surface area contributed by atoms with Gasteiger partial charge >= 0.3 is 0 Å². The number of halogens is 1. The van der Waals surface area contributed by atoms with Gasteiger partial charge in [-0.1, -0.05) is 17.7 Å². The normalized spacial score (nSPS) is 16.7. The molecule has 1 aromatic carbocycles. The molecule has 0 saturated carbocycles. The summed E-state index contributed by atoms with van der Waals surface area (Å²) in [7, 11) is 3.44. The maximum atomic E-state index is 6.19. The van der Waals surface area contributed by atoms with Crippen LogP contribution in [0.5, 0.6) is 5.75 Å². The molecule has 2 aromatic heterocycles. The Kier molecular flexibility index (Phi) is 6.44. The fourth-order valence-electron chi connectivity index (χ4n) is 3.47. The van der Waals surface area contributed by atoms with E-state index in [1.54, 1.807) is 31.8 Å². The summed E-state index contributed by atoms with van der Waals surface area (Å²) in [6, 6.07) is 9.94. The lowest BCUT2D eigenvalue weighted by Gasteiger charge is -2.22. The number of nitrogens with one attached hydrogen (secondary N) is 2. The van der Waals surface area contributed by atoms with Gasteiger partial charge in [0, 0.05) is 31.2 Å². The van der Waals surface area contributed by atoms with Gasteiger partial charge in [-0.05, 0) is 36.1 Å². The number of rotatable bonds is 6. The molecule has 2 N–H and O–H groups in total. The van der Waals surface area contributed by atoms with E-state index in [1.165, 1.54) is 0 Å². The summed E-state index contributed by atoms with van der Waals surface area (Å²) >= 11 is 7.80. The number of anilines is 1. The van der Waals surface area contributed by atoms with E-state index in [9.17, 15) is 0 Å². The van der Waals surface area contributed by atoms with E-state index in [0.29, 0.717) is 17.5 Å². The highest BCUT2D eigenvalue weighted by Crippen LogP contribution is 2.33. The highest BCUT2D eigenvalue weighted by atomic mass is 35.5. The Balaban J connectivity index is 1.32. The average molecular weight is 446 g/mol. The average Bonchev–Trinajstić information content (AvgIpc) is 3.52. The predicted octanol–water partition coefficient (Wildman–Crippen LogP) is 4.01. The van der Waals surface area contributed by atoms with Gasteiger partial charge in [-0.3, -0.25) is 4.99 Å². The predicted molar refractivity (Wildman–Crippen MR) is 122 cm³/mol. The largest absolute Gasteiger partial charge is 0.495 e.